The van der Waals surface area contributed by atoms with Crippen molar-refractivity contribution in [2.45, 2.75) is 6.10 Å². The summed E-state index contributed by atoms with van der Waals surface area (Å²) >= 11 is 0. The van der Waals surface area contributed by atoms with Gasteiger partial charge in [-0.3, -0.25) is 4.99 Å². The molecule has 2 nitrogen and oxygen atoms in total. The summed E-state index contributed by atoms with van der Waals surface area (Å²) in [5.74, 6) is 0. The molecule has 0 bridgehead atoms. The van der Waals surface area contributed by atoms with E-state index in [1.807, 2.05) is 36.5 Å². The Balaban J connectivity index is 2.05. The predicted molar refractivity (Wildman–Crippen MR) is 44.3 cm³/mol. The van der Waals surface area contributed by atoms with Crippen molar-refractivity contribution in [1.29, 1.82) is 0 Å². The largest absolute Gasteiger partial charge is 0.367 e. The Kier molecular flexibility index (Phi) is 1.69. The van der Waals surface area contributed by atoms with Crippen molar-refractivity contribution in [3.8, 4) is 0 Å². The van der Waals surface area contributed by atoms with E-state index in [9.17, 15) is 0 Å². The SMILES string of the molecule is C(=Nc1ccccc1)C1CO1. The fraction of sp³-hybridized carbons (Fsp3) is 0.222. The summed E-state index contributed by atoms with van der Waals surface area (Å²) in [6.07, 6.45) is 2.12. The highest BCUT2D eigenvalue weighted by atomic mass is 16.6. The van der Waals surface area contributed by atoms with Gasteiger partial charge in [0, 0.05) is 6.21 Å². The zero-order valence-corrected chi connectivity index (χ0v) is 6.10. The van der Waals surface area contributed by atoms with E-state index in [1.54, 1.807) is 0 Å². The molecule has 0 spiro atoms. The minimum absolute atomic E-state index is 0.273. The summed E-state index contributed by atoms with van der Waals surface area (Å²) < 4.78 is 4.98. The molecule has 0 saturated carbocycles. The maximum Gasteiger partial charge on any atom is 0.116 e. The van der Waals surface area contributed by atoms with Gasteiger partial charge >= 0.3 is 0 Å². The summed E-state index contributed by atoms with van der Waals surface area (Å²) in [4.78, 5) is 4.22. The molecule has 0 aromatic heterocycles. The lowest BCUT2D eigenvalue weighted by molar-refractivity contribution is 0.452. The maximum atomic E-state index is 4.98. The van der Waals surface area contributed by atoms with Gasteiger partial charge in [-0.05, 0) is 12.1 Å². The molecule has 1 heterocycles. The molecule has 1 aromatic rings. The number of nitrogens with zero attached hydrogens (tertiary/aromatic N) is 1. The van der Waals surface area contributed by atoms with Gasteiger partial charge in [-0.1, -0.05) is 18.2 Å². The van der Waals surface area contributed by atoms with Gasteiger partial charge in [-0.25, -0.2) is 0 Å². The van der Waals surface area contributed by atoms with Crippen LogP contribution in [-0.2, 0) is 4.74 Å². The summed E-state index contributed by atoms with van der Waals surface area (Å²) in [6.45, 7) is 0.830. The summed E-state index contributed by atoms with van der Waals surface area (Å²) in [5.41, 5.74) is 0.989. The Labute approximate surface area is 65.5 Å². The van der Waals surface area contributed by atoms with Crippen molar-refractivity contribution >= 4 is 11.9 Å². The molecule has 1 atom stereocenters. The third-order valence-corrected chi connectivity index (χ3v) is 1.51. The smallest absolute Gasteiger partial charge is 0.116 e. The molecule has 0 N–H and O–H groups in total. The summed E-state index contributed by atoms with van der Waals surface area (Å²) in [6, 6.07) is 9.87. The highest BCUT2D eigenvalue weighted by Crippen LogP contribution is 2.12. The van der Waals surface area contributed by atoms with Crippen LogP contribution in [-0.4, -0.2) is 18.9 Å². The molecule has 11 heavy (non-hydrogen) atoms. The zero-order chi connectivity index (χ0) is 7.52. The van der Waals surface area contributed by atoms with E-state index >= 15 is 0 Å². The van der Waals surface area contributed by atoms with Crippen LogP contribution in [0.15, 0.2) is 35.3 Å². The molecule has 2 heteroatoms. The minimum Gasteiger partial charge on any atom is -0.367 e. The molecule has 0 amide bonds. The average molecular weight is 147 g/mol. The van der Waals surface area contributed by atoms with Crippen LogP contribution in [0, 0.1) is 0 Å². The summed E-state index contributed by atoms with van der Waals surface area (Å²) in [7, 11) is 0. The molecular formula is C9H9NO. The van der Waals surface area contributed by atoms with Crippen LogP contribution in [0.2, 0.25) is 0 Å². The quantitative estimate of drug-likeness (QED) is 0.462. The zero-order valence-electron chi connectivity index (χ0n) is 6.10. The van der Waals surface area contributed by atoms with E-state index in [4.69, 9.17) is 4.74 Å². The number of rotatable bonds is 2. The third kappa shape index (κ3) is 1.88. The molecule has 1 aromatic carbocycles. The Morgan fingerprint density at radius 1 is 1.36 bits per heavy atom. The first-order valence-electron chi connectivity index (χ1n) is 3.66. The third-order valence-electron chi connectivity index (χ3n) is 1.51. The second-order valence-electron chi connectivity index (χ2n) is 2.49. The van der Waals surface area contributed by atoms with Crippen LogP contribution >= 0.6 is 0 Å². The van der Waals surface area contributed by atoms with Crippen molar-refractivity contribution in [2.75, 3.05) is 6.61 Å². The van der Waals surface area contributed by atoms with E-state index in [2.05, 4.69) is 4.99 Å². The van der Waals surface area contributed by atoms with Crippen LogP contribution in [0.3, 0.4) is 0 Å². The van der Waals surface area contributed by atoms with Gasteiger partial charge in [-0.15, -0.1) is 0 Å². The second-order valence-corrected chi connectivity index (χ2v) is 2.49. The van der Waals surface area contributed by atoms with Gasteiger partial charge < -0.3 is 4.74 Å². The van der Waals surface area contributed by atoms with Gasteiger partial charge in [0.05, 0.1) is 12.3 Å². The molecule has 1 aliphatic rings. The fourth-order valence-electron chi connectivity index (χ4n) is 0.825. The molecule has 1 fully saturated rings. The van der Waals surface area contributed by atoms with Crippen LogP contribution < -0.4 is 0 Å². The Bertz CT molecular complexity index is 252. The highest BCUT2D eigenvalue weighted by Gasteiger charge is 2.18. The first kappa shape index (κ1) is 6.55. The molecule has 0 aliphatic carbocycles. The Morgan fingerprint density at radius 3 is 2.73 bits per heavy atom. The van der Waals surface area contributed by atoms with Crippen LogP contribution in [0.25, 0.3) is 0 Å². The molecule has 0 radical (unpaired) electrons. The average Bonchev–Trinajstić information content (AvgIpc) is 2.86. The lowest BCUT2D eigenvalue weighted by Gasteiger charge is -1.88. The van der Waals surface area contributed by atoms with Crippen molar-refractivity contribution in [1.82, 2.24) is 0 Å². The number of hydrogen-bond donors (Lipinski definition) is 0. The number of aliphatic imine (C=N–C) groups is 1. The first-order valence-corrected chi connectivity index (χ1v) is 3.66. The normalized spacial score (nSPS) is 22.4. The minimum atomic E-state index is 0.273. The number of ether oxygens (including phenoxy) is 1. The molecular weight excluding hydrogens is 138 g/mol. The summed E-state index contributed by atoms with van der Waals surface area (Å²) in [5, 5.41) is 0. The standard InChI is InChI=1S/C9H9NO/c1-2-4-8(5-3-1)10-6-9-7-11-9/h1-6,9H,7H2. The molecule has 1 aliphatic heterocycles. The number of para-hydroxylation sites is 1. The van der Waals surface area contributed by atoms with Crippen molar-refractivity contribution in [3.63, 3.8) is 0 Å². The topological polar surface area (TPSA) is 24.9 Å². The maximum absolute atomic E-state index is 4.98. The van der Waals surface area contributed by atoms with E-state index in [-0.39, 0.29) is 6.10 Å². The van der Waals surface area contributed by atoms with E-state index in [0.29, 0.717) is 0 Å². The van der Waals surface area contributed by atoms with Gasteiger partial charge in [0.25, 0.3) is 0 Å². The molecule has 1 saturated heterocycles. The van der Waals surface area contributed by atoms with Crippen LogP contribution in [0.5, 0.6) is 0 Å². The first-order chi connectivity index (χ1) is 5.45. The Morgan fingerprint density at radius 2 is 2.09 bits per heavy atom. The van der Waals surface area contributed by atoms with Crippen LogP contribution in [0.4, 0.5) is 5.69 Å². The van der Waals surface area contributed by atoms with Gasteiger partial charge in [0.2, 0.25) is 0 Å². The lowest BCUT2D eigenvalue weighted by Crippen LogP contribution is -1.82. The van der Waals surface area contributed by atoms with Gasteiger partial charge in [-0.2, -0.15) is 0 Å². The number of epoxide rings is 1. The van der Waals surface area contributed by atoms with Gasteiger partial charge in [0.15, 0.2) is 0 Å². The van der Waals surface area contributed by atoms with E-state index < -0.39 is 0 Å². The molecule has 2 rings (SSSR count). The number of benzene rings is 1. The van der Waals surface area contributed by atoms with Crippen molar-refractivity contribution in [2.24, 2.45) is 4.99 Å². The highest BCUT2D eigenvalue weighted by molar-refractivity contribution is 5.69. The van der Waals surface area contributed by atoms with Crippen LogP contribution in [0.1, 0.15) is 0 Å². The molecule has 1 unspecified atom stereocenters. The van der Waals surface area contributed by atoms with E-state index in [1.165, 1.54) is 0 Å². The van der Waals surface area contributed by atoms with E-state index in [0.717, 1.165) is 12.3 Å². The second kappa shape index (κ2) is 2.84. The number of hydrogen-bond acceptors (Lipinski definition) is 2. The Hall–Kier alpha value is -1.15. The fourth-order valence-corrected chi connectivity index (χ4v) is 0.825. The monoisotopic (exact) mass is 147 g/mol. The van der Waals surface area contributed by atoms with Gasteiger partial charge in [0.1, 0.15) is 6.10 Å². The lowest BCUT2D eigenvalue weighted by atomic mass is 10.3. The van der Waals surface area contributed by atoms with Crippen molar-refractivity contribution < 1.29 is 4.74 Å². The van der Waals surface area contributed by atoms with Crippen molar-refractivity contribution in [3.05, 3.63) is 30.3 Å². The molecule has 56 valence electrons. The predicted octanol–water partition coefficient (Wildman–Crippen LogP) is 1.79.